The molecule has 128 valence electrons. The number of rotatable bonds is 2. The van der Waals surface area contributed by atoms with Crippen molar-refractivity contribution < 1.29 is 9.47 Å². The zero-order valence-electron chi connectivity index (χ0n) is 14.1. The van der Waals surface area contributed by atoms with Crippen molar-refractivity contribution >= 4 is 12.4 Å². The number of hydrogen-bond acceptors (Lipinski definition) is 3. The average molecular weight is 338 g/mol. The molecule has 23 heavy (non-hydrogen) atoms. The maximum atomic E-state index is 5.80. The van der Waals surface area contributed by atoms with E-state index in [0.29, 0.717) is 18.8 Å². The van der Waals surface area contributed by atoms with Crippen LogP contribution in [-0.2, 0) is 12.8 Å². The molecule has 1 spiro atoms. The lowest BCUT2D eigenvalue weighted by Gasteiger charge is -2.50. The first-order valence-electron chi connectivity index (χ1n) is 8.97. The van der Waals surface area contributed by atoms with Gasteiger partial charge in [0.05, 0.1) is 0 Å². The SMILES string of the molecule is CCCN1CCCCC12CCc1cc3c(cc1C2)OCCO3.Cl. The molecule has 1 aromatic carbocycles. The molecule has 0 saturated carbocycles. The fourth-order valence-electron chi connectivity index (χ4n) is 4.63. The molecule has 1 atom stereocenters. The van der Waals surface area contributed by atoms with Crippen molar-refractivity contribution in [2.75, 3.05) is 26.3 Å². The molecule has 4 heteroatoms. The van der Waals surface area contributed by atoms with Crippen LogP contribution < -0.4 is 9.47 Å². The van der Waals surface area contributed by atoms with Gasteiger partial charge in [-0.3, -0.25) is 4.90 Å². The van der Waals surface area contributed by atoms with Crippen molar-refractivity contribution in [3.63, 3.8) is 0 Å². The van der Waals surface area contributed by atoms with E-state index in [-0.39, 0.29) is 12.4 Å². The highest BCUT2D eigenvalue weighted by atomic mass is 35.5. The maximum absolute atomic E-state index is 5.80. The first-order chi connectivity index (χ1) is 10.8. The number of ether oxygens (including phenoxy) is 2. The third kappa shape index (κ3) is 3.06. The van der Waals surface area contributed by atoms with E-state index >= 15 is 0 Å². The van der Waals surface area contributed by atoms with Crippen LogP contribution >= 0.6 is 12.4 Å². The number of aryl methyl sites for hydroxylation is 1. The van der Waals surface area contributed by atoms with Gasteiger partial charge in [-0.1, -0.05) is 13.3 Å². The molecule has 1 saturated heterocycles. The van der Waals surface area contributed by atoms with Crippen molar-refractivity contribution in [3.05, 3.63) is 23.3 Å². The third-order valence-corrected chi connectivity index (χ3v) is 5.73. The lowest BCUT2D eigenvalue weighted by molar-refractivity contribution is 0.0338. The van der Waals surface area contributed by atoms with Gasteiger partial charge in [-0.15, -0.1) is 12.4 Å². The molecule has 3 nitrogen and oxygen atoms in total. The highest BCUT2D eigenvalue weighted by Crippen LogP contribution is 2.43. The number of halogens is 1. The van der Waals surface area contributed by atoms with E-state index in [2.05, 4.69) is 24.0 Å². The van der Waals surface area contributed by atoms with E-state index in [1.165, 1.54) is 69.2 Å². The second kappa shape index (κ2) is 6.90. The number of hydrogen-bond donors (Lipinski definition) is 0. The highest BCUT2D eigenvalue weighted by molar-refractivity contribution is 5.85. The van der Waals surface area contributed by atoms with Crippen LogP contribution in [0, 0.1) is 0 Å². The van der Waals surface area contributed by atoms with E-state index in [9.17, 15) is 0 Å². The molecule has 2 heterocycles. The Morgan fingerprint density at radius 1 is 1.04 bits per heavy atom. The van der Waals surface area contributed by atoms with Gasteiger partial charge in [0.15, 0.2) is 11.5 Å². The number of likely N-dealkylation sites (tertiary alicyclic amines) is 1. The standard InChI is InChI=1S/C19H27NO2.ClH/c1-2-8-20-9-4-3-6-19(20)7-5-15-12-17-18(13-16(15)14-19)22-11-10-21-17;/h12-13H,2-11,14H2,1H3;1H. The Kier molecular flexibility index (Phi) is 5.07. The van der Waals surface area contributed by atoms with Crippen LogP contribution in [0.1, 0.15) is 50.2 Å². The fraction of sp³-hybridized carbons (Fsp3) is 0.684. The van der Waals surface area contributed by atoms with Gasteiger partial charge in [0.25, 0.3) is 0 Å². The summed E-state index contributed by atoms with van der Waals surface area (Å²) in [5, 5.41) is 0. The fourth-order valence-corrected chi connectivity index (χ4v) is 4.63. The van der Waals surface area contributed by atoms with Crippen molar-refractivity contribution in [1.29, 1.82) is 0 Å². The number of benzene rings is 1. The van der Waals surface area contributed by atoms with Gasteiger partial charge in [-0.05, 0) is 74.9 Å². The highest BCUT2D eigenvalue weighted by Gasteiger charge is 2.41. The summed E-state index contributed by atoms with van der Waals surface area (Å²) >= 11 is 0. The summed E-state index contributed by atoms with van der Waals surface area (Å²) < 4.78 is 11.6. The molecule has 2 aliphatic heterocycles. The Morgan fingerprint density at radius 2 is 1.78 bits per heavy atom. The second-order valence-electron chi connectivity index (χ2n) is 7.11. The minimum atomic E-state index is 0. The monoisotopic (exact) mass is 337 g/mol. The van der Waals surface area contributed by atoms with Crippen molar-refractivity contribution in [2.45, 2.75) is 57.4 Å². The summed E-state index contributed by atoms with van der Waals surface area (Å²) in [5.41, 5.74) is 3.39. The minimum Gasteiger partial charge on any atom is -0.486 e. The Morgan fingerprint density at radius 3 is 2.52 bits per heavy atom. The van der Waals surface area contributed by atoms with Crippen LogP contribution in [0.5, 0.6) is 11.5 Å². The number of nitrogens with zero attached hydrogens (tertiary/aromatic N) is 1. The van der Waals surface area contributed by atoms with Crippen LogP contribution in [0.2, 0.25) is 0 Å². The van der Waals surface area contributed by atoms with Gasteiger partial charge in [-0.25, -0.2) is 0 Å². The summed E-state index contributed by atoms with van der Waals surface area (Å²) in [7, 11) is 0. The molecule has 0 aromatic heterocycles. The first kappa shape index (κ1) is 16.9. The van der Waals surface area contributed by atoms with E-state index in [4.69, 9.17) is 9.47 Å². The summed E-state index contributed by atoms with van der Waals surface area (Å²) in [6, 6.07) is 4.51. The summed E-state index contributed by atoms with van der Waals surface area (Å²) in [4.78, 5) is 2.79. The Hall–Kier alpha value is -0.930. The molecule has 0 amide bonds. The van der Waals surface area contributed by atoms with Gasteiger partial charge in [0.1, 0.15) is 13.2 Å². The van der Waals surface area contributed by atoms with Gasteiger partial charge >= 0.3 is 0 Å². The first-order valence-corrected chi connectivity index (χ1v) is 8.97. The topological polar surface area (TPSA) is 21.7 Å². The number of piperidine rings is 1. The summed E-state index contributed by atoms with van der Waals surface area (Å²) in [6.07, 6.45) is 9.07. The minimum absolute atomic E-state index is 0. The van der Waals surface area contributed by atoms with Gasteiger partial charge in [0.2, 0.25) is 0 Å². The predicted octanol–water partition coefficient (Wildman–Crippen LogP) is 4.00. The molecule has 1 unspecified atom stereocenters. The Labute approximate surface area is 145 Å². The quantitative estimate of drug-likeness (QED) is 0.814. The van der Waals surface area contributed by atoms with Crippen molar-refractivity contribution in [3.8, 4) is 11.5 Å². The van der Waals surface area contributed by atoms with Gasteiger partial charge < -0.3 is 9.47 Å². The van der Waals surface area contributed by atoms with Crippen LogP contribution in [0.4, 0.5) is 0 Å². The van der Waals surface area contributed by atoms with Crippen LogP contribution in [0.3, 0.4) is 0 Å². The van der Waals surface area contributed by atoms with Gasteiger partial charge in [-0.2, -0.15) is 0 Å². The zero-order valence-corrected chi connectivity index (χ0v) is 14.9. The average Bonchev–Trinajstić information content (AvgIpc) is 2.55. The maximum Gasteiger partial charge on any atom is 0.161 e. The molecule has 4 rings (SSSR count). The van der Waals surface area contributed by atoms with E-state index < -0.39 is 0 Å². The number of fused-ring (bicyclic) bond motifs is 2. The van der Waals surface area contributed by atoms with E-state index in [0.717, 1.165) is 11.5 Å². The summed E-state index contributed by atoms with van der Waals surface area (Å²) in [5.74, 6) is 1.91. The second-order valence-corrected chi connectivity index (χ2v) is 7.11. The zero-order chi connectivity index (χ0) is 15.0. The largest absolute Gasteiger partial charge is 0.486 e. The van der Waals surface area contributed by atoms with E-state index in [1.54, 1.807) is 0 Å². The van der Waals surface area contributed by atoms with Crippen LogP contribution in [0.15, 0.2) is 12.1 Å². The Balaban J connectivity index is 0.00000156. The molecule has 0 bridgehead atoms. The van der Waals surface area contributed by atoms with Crippen LogP contribution in [0.25, 0.3) is 0 Å². The molecule has 1 aromatic rings. The molecular weight excluding hydrogens is 310 g/mol. The molecule has 0 N–H and O–H groups in total. The molecule has 1 fully saturated rings. The van der Waals surface area contributed by atoms with Gasteiger partial charge in [0, 0.05) is 5.54 Å². The van der Waals surface area contributed by atoms with Crippen LogP contribution in [-0.4, -0.2) is 36.7 Å². The summed E-state index contributed by atoms with van der Waals surface area (Å²) in [6.45, 7) is 6.20. The Bertz CT molecular complexity index is 561. The predicted molar refractivity (Wildman–Crippen MR) is 95.2 cm³/mol. The van der Waals surface area contributed by atoms with Crippen molar-refractivity contribution in [2.24, 2.45) is 0 Å². The van der Waals surface area contributed by atoms with Crippen molar-refractivity contribution in [1.82, 2.24) is 4.90 Å². The third-order valence-electron chi connectivity index (χ3n) is 5.73. The smallest absolute Gasteiger partial charge is 0.161 e. The molecule has 0 radical (unpaired) electrons. The normalized spacial score (nSPS) is 26.5. The van der Waals surface area contributed by atoms with E-state index in [1.807, 2.05) is 0 Å². The molecule has 1 aliphatic carbocycles. The lowest BCUT2D eigenvalue weighted by Crippen LogP contribution is -2.55. The lowest BCUT2D eigenvalue weighted by atomic mass is 9.72. The molecule has 3 aliphatic rings. The molecular formula is C19H28ClNO2.